The number of nitrogens with one attached hydrogen (secondary N) is 1. The molecule has 0 unspecified atom stereocenters. The van der Waals surface area contributed by atoms with Gasteiger partial charge < -0.3 is 14.5 Å². The van der Waals surface area contributed by atoms with Crippen LogP contribution in [0.25, 0.3) is 0 Å². The summed E-state index contributed by atoms with van der Waals surface area (Å²) < 4.78 is 10.3. The minimum atomic E-state index is -0.0632. The largest absolute Gasteiger partial charge is 0.472 e. The summed E-state index contributed by atoms with van der Waals surface area (Å²) in [5.41, 5.74) is 1.12. The molecule has 0 radical (unpaired) electrons. The number of ether oxygens (including phenoxy) is 1. The Balaban J connectivity index is 1.91. The van der Waals surface area contributed by atoms with Gasteiger partial charge in [0.25, 0.3) is 0 Å². The molecule has 6 heteroatoms. The van der Waals surface area contributed by atoms with Crippen molar-refractivity contribution >= 4 is 17.7 Å². The number of furan rings is 1. The van der Waals surface area contributed by atoms with Gasteiger partial charge in [-0.3, -0.25) is 9.69 Å². The SMILES string of the molecule is CCOCC(=O)NC[C@@H](c1ccoc1)N1CCSCC1. The number of amides is 1. The van der Waals surface area contributed by atoms with Crippen LogP contribution in [0, 0.1) is 0 Å². The van der Waals surface area contributed by atoms with Gasteiger partial charge in [0.1, 0.15) is 6.61 Å². The predicted molar refractivity (Wildman–Crippen MR) is 79.8 cm³/mol. The third-order valence-corrected chi connectivity index (χ3v) is 4.29. The van der Waals surface area contributed by atoms with Crippen molar-refractivity contribution in [2.45, 2.75) is 13.0 Å². The van der Waals surface area contributed by atoms with E-state index in [1.165, 1.54) is 0 Å². The normalized spacial score (nSPS) is 17.9. The Bertz CT molecular complexity index is 391. The maximum absolute atomic E-state index is 11.7. The molecule has 1 aromatic heterocycles. The summed E-state index contributed by atoms with van der Waals surface area (Å²) in [6.07, 6.45) is 3.45. The van der Waals surface area contributed by atoms with Crippen LogP contribution >= 0.6 is 11.8 Å². The molecule has 5 nitrogen and oxygen atoms in total. The molecular formula is C14H22N2O3S. The van der Waals surface area contributed by atoms with Crippen molar-refractivity contribution in [3.05, 3.63) is 24.2 Å². The highest BCUT2D eigenvalue weighted by molar-refractivity contribution is 7.99. The van der Waals surface area contributed by atoms with Crippen LogP contribution in [0.1, 0.15) is 18.5 Å². The van der Waals surface area contributed by atoms with Crippen molar-refractivity contribution in [2.75, 3.05) is 44.4 Å². The Labute approximate surface area is 124 Å². The third kappa shape index (κ3) is 4.54. The van der Waals surface area contributed by atoms with Crippen molar-refractivity contribution < 1.29 is 13.9 Å². The molecule has 20 heavy (non-hydrogen) atoms. The summed E-state index contributed by atoms with van der Waals surface area (Å²) >= 11 is 1.98. The molecule has 1 saturated heterocycles. The molecule has 1 fully saturated rings. The van der Waals surface area contributed by atoms with E-state index in [0.29, 0.717) is 13.2 Å². The molecule has 0 bridgehead atoms. The first-order valence-electron chi connectivity index (χ1n) is 6.99. The van der Waals surface area contributed by atoms with Gasteiger partial charge in [0.2, 0.25) is 5.91 Å². The molecule has 1 amide bonds. The predicted octanol–water partition coefficient (Wildman–Crippen LogP) is 1.52. The van der Waals surface area contributed by atoms with E-state index in [-0.39, 0.29) is 18.6 Å². The van der Waals surface area contributed by atoms with Crippen LogP contribution in [0.3, 0.4) is 0 Å². The van der Waals surface area contributed by atoms with Gasteiger partial charge in [-0.2, -0.15) is 11.8 Å². The first kappa shape index (κ1) is 15.4. The summed E-state index contributed by atoms with van der Waals surface area (Å²) in [6, 6.07) is 2.15. The average Bonchev–Trinajstić information content (AvgIpc) is 3.00. The molecule has 1 aliphatic rings. The first-order valence-corrected chi connectivity index (χ1v) is 8.15. The topological polar surface area (TPSA) is 54.7 Å². The lowest BCUT2D eigenvalue weighted by Crippen LogP contribution is -2.42. The van der Waals surface area contributed by atoms with E-state index in [2.05, 4.69) is 10.2 Å². The quantitative estimate of drug-likeness (QED) is 0.827. The van der Waals surface area contributed by atoms with E-state index in [0.717, 1.165) is 30.2 Å². The van der Waals surface area contributed by atoms with Crippen LogP contribution in [0.2, 0.25) is 0 Å². The smallest absolute Gasteiger partial charge is 0.246 e. The second-order valence-electron chi connectivity index (χ2n) is 4.66. The molecule has 1 atom stereocenters. The van der Waals surface area contributed by atoms with Gasteiger partial charge in [0.05, 0.1) is 18.6 Å². The molecule has 112 valence electrons. The molecule has 1 N–H and O–H groups in total. The fourth-order valence-electron chi connectivity index (χ4n) is 2.27. The van der Waals surface area contributed by atoms with E-state index < -0.39 is 0 Å². The summed E-state index contributed by atoms with van der Waals surface area (Å²) in [5, 5.41) is 2.95. The highest BCUT2D eigenvalue weighted by atomic mass is 32.2. The van der Waals surface area contributed by atoms with Crippen molar-refractivity contribution in [3.63, 3.8) is 0 Å². The number of hydrogen-bond donors (Lipinski definition) is 1. The number of nitrogens with zero attached hydrogens (tertiary/aromatic N) is 1. The fourth-order valence-corrected chi connectivity index (χ4v) is 3.20. The summed E-state index contributed by atoms with van der Waals surface area (Å²) in [6.45, 7) is 5.25. The second-order valence-corrected chi connectivity index (χ2v) is 5.89. The Kier molecular flexibility index (Phi) is 6.42. The van der Waals surface area contributed by atoms with Crippen molar-refractivity contribution in [2.24, 2.45) is 0 Å². The highest BCUT2D eigenvalue weighted by Crippen LogP contribution is 2.24. The lowest BCUT2D eigenvalue weighted by Gasteiger charge is -2.33. The van der Waals surface area contributed by atoms with E-state index in [1.807, 2.05) is 24.8 Å². The lowest BCUT2D eigenvalue weighted by atomic mass is 10.1. The first-order chi connectivity index (χ1) is 9.81. The molecule has 1 aliphatic heterocycles. The maximum atomic E-state index is 11.7. The van der Waals surface area contributed by atoms with Crippen LogP contribution in [0.4, 0.5) is 0 Å². The zero-order chi connectivity index (χ0) is 14.2. The minimum absolute atomic E-state index is 0.0632. The van der Waals surface area contributed by atoms with E-state index in [9.17, 15) is 4.79 Å². The van der Waals surface area contributed by atoms with Crippen LogP contribution in [0.5, 0.6) is 0 Å². The van der Waals surface area contributed by atoms with E-state index in [4.69, 9.17) is 9.15 Å². The molecule has 0 saturated carbocycles. The lowest BCUT2D eigenvalue weighted by molar-refractivity contribution is -0.125. The van der Waals surface area contributed by atoms with Gasteiger partial charge in [-0.15, -0.1) is 0 Å². The van der Waals surface area contributed by atoms with Crippen LogP contribution in [-0.4, -0.2) is 55.2 Å². The Morgan fingerprint density at radius 1 is 1.55 bits per heavy atom. The Morgan fingerprint density at radius 2 is 2.35 bits per heavy atom. The Morgan fingerprint density at radius 3 is 3.00 bits per heavy atom. The zero-order valence-corrected chi connectivity index (χ0v) is 12.7. The van der Waals surface area contributed by atoms with E-state index >= 15 is 0 Å². The van der Waals surface area contributed by atoms with E-state index in [1.54, 1.807) is 12.5 Å². The standard InChI is InChI=1S/C14H22N2O3S/c1-2-18-11-14(17)15-9-13(12-3-6-19-10-12)16-4-7-20-8-5-16/h3,6,10,13H,2,4-5,7-9,11H2,1H3,(H,15,17)/t13-/m0/s1. The second kappa shape index (κ2) is 8.34. The van der Waals surface area contributed by atoms with Crippen molar-refractivity contribution in [3.8, 4) is 0 Å². The van der Waals surface area contributed by atoms with Gasteiger partial charge in [0.15, 0.2) is 0 Å². The molecule has 0 aliphatic carbocycles. The third-order valence-electron chi connectivity index (χ3n) is 3.34. The number of carbonyl (C=O) groups excluding carboxylic acids is 1. The number of rotatable bonds is 7. The fraction of sp³-hybridized carbons (Fsp3) is 0.643. The summed E-state index contributed by atoms with van der Waals surface area (Å²) in [4.78, 5) is 14.1. The highest BCUT2D eigenvalue weighted by Gasteiger charge is 2.23. The van der Waals surface area contributed by atoms with Crippen LogP contribution < -0.4 is 5.32 Å². The monoisotopic (exact) mass is 298 g/mol. The minimum Gasteiger partial charge on any atom is -0.472 e. The van der Waals surface area contributed by atoms with Crippen molar-refractivity contribution in [1.82, 2.24) is 10.2 Å². The maximum Gasteiger partial charge on any atom is 0.246 e. The Hall–Kier alpha value is -0.980. The molecule has 2 rings (SSSR count). The number of carbonyl (C=O) groups is 1. The average molecular weight is 298 g/mol. The van der Waals surface area contributed by atoms with Gasteiger partial charge in [-0.1, -0.05) is 0 Å². The molecule has 2 heterocycles. The van der Waals surface area contributed by atoms with Crippen molar-refractivity contribution in [1.29, 1.82) is 0 Å². The van der Waals surface area contributed by atoms with Gasteiger partial charge in [-0.05, 0) is 13.0 Å². The summed E-state index contributed by atoms with van der Waals surface area (Å²) in [7, 11) is 0. The van der Waals surface area contributed by atoms with Crippen LogP contribution in [-0.2, 0) is 9.53 Å². The van der Waals surface area contributed by atoms with Gasteiger partial charge in [-0.25, -0.2) is 0 Å². The van der Waals surface area contributed by atoms with Gasteiger partial charge >= 0.3 is 0 Å². The molecular weight excluding hydrogens is 276 g/mol. The number of hydrogen-bond acceptors (Lipinski definition) is 5. The zero-order valence-electron chi connectivity index (χ0n) is 11.8. The van der Waals surface area contributed by atoms with Gasteiger partial charge in [0, 0.05) is 43.3 Å². The molecule has 1 aromatic rings. The molecule has 0 spiro atoms. The summed E-state index contributed by atoms with van der Waals surface area (Å²) in [5.74, 6) is 2.22. The molecule has 0 aromatic carbocycles. The van der Waals surface area contributed by atoms with Crippen LogP contribution in [0.15, 0.2) is 23.0 Å². The number of thioether (sulfide) groups is 1.